The van der Waals surface area contributed by atoms with Gasteiger partial charge in [-0.3, -0.25) is 0 Å². The Morgan fingerprint density at radius 2 is 0.396 bits per heavy atom. The van der Waals surface area contributed by atoms with Crippen LogP contribution in [0, 0.1) is 0 Å². The Morgan fingerprint density at radius 3 is 0.562 bits per heavy atom. The quantitative estimate of drug-likeness (QED) is 0.125. The second-order valence-corrected chi connectivity index (χ2v) is 13.3. The van der Waals surface area contributed by atoms with Crippen LogP contribution in [0.3, 0.4) is 0 Å². The van der Waals surface area contributed by atoms with Crippen LogP contribution >= 0.6 is 0 Å². The molecular formula is B48-5. The predicted octanol–water partition coefficient (Wildman–Crippen LogP) is -18.3. The van der Waals surface area contributed by atoms with Crippen molar-refractivity contribution in [1.29, 1.82) is 0 Å². The normalized spacial score (nSPS) is 9.77. The molecule has 0 aromatic rings. The summed E-state index contributed by atoms with van der Waals surface area (Å²) in [5.74, 6) is 0. The topological polar surface area (TPSA) is 0 Å². The van der Waals surface area contributed by atoms with Crippen molar-refractivity contribution < 1.29 is 0 Å². The minimum absolute atomic E-state index is 1.18. The zero-order chi connectivity index (χ0) is 38.3. The standard InChI is InChI=1S/B48/c1-26(2)38(25)44(37(23)24)47(43(35(19)20)36(21)22)48(45(39(27(3)4)28(5)6)40(29(7)8)30(9)10)46(41(31(11)12)32(13)14)42(33(15)16)34(17)18/q-5. The van der Waals surface area contributed by atoms with Gasteiger partial charge in [0.05, 0.1) is 0 Å². The first-order valence-electron chi connectivity index (χ1n) is 15.7. The van der Waals surface area contributed by atoms with Crippen molar-refractivity contribution >= 4 is 340 Å². The Labute approximate surface area is 337 Å². The van der Waals surface area contributed by atoms with E-state index in [9.17, 15) is 0 Å². The highest BCUT2D eigenvalue weighted by atomic mass is 13.4. The second-order valence-electron chi connectivity index (χ2n) is 13.3. The Hall–Kier alpha value is 3.12. The summed E-state index contributed by atoms with van der Waals surface area (Å²) >= 11 is 0. The molecule has 0 spiro atoms. The monoisotopic (exact) mass is 528 g/mol. The lowest BCUT2D eigenvalue weighted by molar-refractivity contribution is 3.19. The van der Waals surface area contributed by atoms with E-state index in [1.807, 2.05) is 0 Å². The summed E-state index contributed by atoms with van der Waals surface area (Å²) in [5.41, 5.74) is 0. The van der Waals surface area contributed by atoms with Gasteiger partial charge >= 0.3 is 0 Å². The van der Waals surface area contributed by atoms with E-state index in [0.717, 1.165) is 0 Å². The van der Waals surface area contributed by atoms with Crippen LogP contribution in [0.15, 0.2) is 0 Å². The van der Waals surface area contributed by atoms with E-state index in [1.54, 1.807) is 0 Å². The van der Waals surface area contributed by atoms with E-state index in [-0.39, 0.29) is 0 Å². The van der Waals surface area contributed by atoms with Crippen molar-refractivity contribution in [1.82, 2.24) is 0 Å². The summed E-state index contributed by atoms with van der Waals surface area (Å²) in [6.07, 6.45) is -29.1. The molecule has 0 saturated heterocycles. The van der Waals surface area contributed by atoms with Gasteiger partial charge in [-0.1, -0.05) is 6.39 Å². The van der Waals surface area contributed by atoms with Crippen LogP contribution in [0.5, 0.6) is 0 Å². The maximum absolute atomic E-state index is 6.65. The van der Waals surface area contributed by atoms with Gasteiger partial charge in [0.2, 0.25) is 0 Å². The average molecular weight is 519 g/mol. The van der Waals surface area contributed by atoms with E-state index in [1.165, 1.54) is 0 Å². The fourth-order valence-electron chi connectivity index (χ4n) is 7.95. The minimum atomic E-state index is -1.34. The van der Waals surface area contributed by atoms with E-state index < -0.39 is 147 Å². The Balaban J connectivity index is 9.31. The second kappa shape index (κ2) is 23.2. The van der Waals surface area contributed by atoms with Crippen LogP contribution in [0.2, 0.25) is 0 Å². The van der Waals surface area contributed by atoms with Gasteiger partial charge in [-0.05, 0) is 270 Å². The fraction of sp³-hybridized carbons (Fsp3) is 0. The molecule has 0 N–H and O–H groups in total. The molecule has 0 aromatic carbocycles. The molecule has 0 rings (SSSR count). The zero-order valence-electron chi connectivity index (χ0n) is 27.7. The highest BCUT2D eigenvalue weighted by Gasteiger charge is 2.57. The maximum atomic E-state index is 6.65. The summed E-state index contributed by atoms with van der Waals surface area (Å²) in [6.45, 7) is 0. The third-order valence-corrected chi connectivity index (χ3v) is 9.78. The van der Waals surface area contributed by atoms with Crippen LogP contribution < -0.4 is 0 Å². The largest absolute Gasteiger partial charge is 0.729 e. The van der Waals surface area contributed by atoms with E-state index in [2.05, 4.69) is 0 Å². The molecule has 0 unspecified atom stereocenters. The first kappa shape index (κ1) is 51.1. The van der Waals surface area contributed by atoms with Gasteiger partial charge in [0, 0.05) is 0 Å². The summed E-state index contributed by atoms with van der Waals surface area (Å²) < 4.78 is 0. The summed E-state index contributed by atoms with van der Waals surface area (Å²) in [6, 6.07) is 0. The maximum Gasteiger partial charge on any atom is -0.000000000000247 e. The molecular weight excluding hydrogens is 519 g/mol. The van der Waals surface area contributed by atoms with Crippen LogP contribution in [0.1, 0.15) is 0 Å². The molecule has 0 amide bonds. The lowest BCUT2D eigenvalue weighted by Crippen LogP contribution is -2.94. The van der Waals surface area contributed by atoms with E-state index in [0.29, 0.717) is 0 Å². The van der Waals surface area contributed by atoms with Crippen molar-refractivity contribution in [3.8, 4) is 0 Å². The molecule has 0 bridgehead atoms. The van der Waals surface area contributed by atoms with Crippen LogP contribution in [-0.2, 0) is 0 Å². The summed E-state index contributed by atoms with van der Waals surface area (Å²) in [7, 11) is 160. The molecule has 0 nitrogen and oxygen atoms in total. The molecule has 0 aromatic heterocycles. The van der Waals surface area contributed by atoms with E-state index in [4.69, 9.17) is 193 Å². The van der Waals surface area contributed by atoms with Gasteiger partial charge in [0.1, 0.15) is 0 Å². The molecule has 55 radical (unpaired) electrons. The van der Waals surface area contributed by atoms with Crippen LogP contribution in [0.25, 0.3) is 0 Å². The Kier molecular flexibility index (Phi) is 24.8. The van der Waals surface area contributed by atoms with E-state index >= 15 is 0 Å². The third-order valence-electron chi connectivity index (χ3n) is 9.78. The van der Waals surface area contributed by atoms with Gasteiger partial charge < -0.3 is 51.5 Å². The van der Waals surface area contributed by atoms with Gasteiger partial charge in [0.25, 0.3) is 0 Å². The number of rotatable bonds is 22. The smallest absolute Gasteiger partial charge is 0.000000000000247 e. The first-order chi connectivity index (χ1) is 21.8. The van der Waals surface area contributed by atoms with Crippen LogP contribution in [0.4, 0.5) is 0 Å². The summed E-state index contributed by atoms with van der Waals surface area (Å²) in [4.78, 5) is 0. The highest BCUT2D eigenvalue weighted by Crippen LogP contribution is 2.21. The minimum Gasteiger partial charge on any atom is -0.729 e. The van der Waals surface area contributed by atoms with Crippen molar-refractivity contribution in [2.75, 3.05) is 0 Å². The van der Waals surface area contributed by atoms with Crippen molar-refractivity contribution in [2.45, 2.75) is 0 Å². The molecule has 0 fully saturated rings. The average Bonchev–Trinajstić information content (AvgIpc) is 2.86. The zero-order valence-corrected chi connectivity index (χ0v) is 27.7. The molecule has 48 heteroatoms. The summed E-state index contributed by atoms with van der Waals surface area (Å²) in [5, 5.41) is 0. The lowest BCUT2D eigenvalue weighted by atomic mass is 8.25. The van der Waals surface area contributed by atoms with Crippen LogP contribution in [-0.4, -0.2) is 340 Å². The Bertz CT molecular complexity index is 695. The molecule has 149 valence electrons. The predicted molar refractivity (Wildman–Crippen MR) is 276 cm³/mol. The SMILES string of the molecule is [B]B([B])B(B([B])[B])B(B(B([B])[B])B([B])[B])B(B(B(B([B])[B])B([B])[B])B(B([B])[B-])B([B-])[B-])B(B(B([B])[B])B([B])[B])B(B([B])[B])B([B])B([B-])[B-]. The third kappa shape index (κ3) is 13.7. The van der Waals surface area contributed by atoms with Gasteiger partial charge in [0.15, 0.2) is 0 Å². The molecule has 0 aliphatic rings. The van der Waals surface area contributed by atoms with Crippen molar-refractivity contribution in [3.63, 3.8) is 0 Å². The molecule has 0 aliphatic heterocycles. The Morgan fingerprint density at radius 1 is 0.208 bits per heavy atom. The highest BCUT2D eigenvalue weighted by molar-refractivity contribution is 8.35. The lowest BCUT2D eigenvalue weighted by Gasteiger charge is -2.63. The first-order valence-corrected chi connectivity index (χ1v) is 15.7. The molecule has 0 heterocycles. The van der Waals surface area contributed by atoms with Gasteiger partial charge in [-0.2, -0.15) is 0 Å². The van der Waals surface area contributed by atoms with Gasteiger partial charge in [-0.25, -0.2) is 6.39 Å². The molecule has 0 atom stereocenters. The molecule has 48 heavy (non-hydrogen) atoms. The molecule has 0 aliphatic carbocycles. The van der Waals surface area contributed by atoms with Gasteiger partial charge in [-0.15, -0.1) is 6.39 Å². The van der Waals surface area contributed by atoms with Crippen molar-refractivity contribution in [3.05, 3.63) is 0 Å². The number of hydrogen-bond acceptors (Lipinski definition) is 0. The number of hydrogen-bond donors (Lipinski definition) is 0. The van der Waals surface area contributed by atoms with Crippen molar-refractivity contribution in [2.24, 2.45) is 0 Å². The molecule has 0 saturated carbocycles. The fourth-order valence-corrected chi connectivity index (χ4v) is 7.95.